The number of nitrogens with zero attached hydrogens (tertiary/aromatic N) is 6. The molecule has 1 saturated heterocycles. The number of halogens is 3. The molecule has 4 rings (SSSR count). The molecule has 2 unspecified atom stereocenters. The highest BCUT2D eigenvalue weighted by Gasteiger charge is 2.58. The topological polar surface area (TPSA) is 308 Å². The molecule has 1 aliphatic heterocycles. The first-order valence-corrected chi connectivity index (χ1v) is 16.9. The second kappa shape index (κ2) is 16.9. The molecule has 53 heavy (non-hydrogen) atoms. The van der Waals surface area contributed by atoms with Gasteiger partial charge >= 0.3 is 22.5 Å². The standard InChI is InChI=1S/C25H31N9O10S2.C2HF3O2/c1-25(2)20(22(36)34(25)44-46(39,40)41)30-21(35)19(16-13-45-24(27)29-16)31-43-18(23(37)38)12-42-15-5-6-17(32(3)11-15)14-9-28-33(10-14)8-4-7-26;3-2(4,5)1(6)7/h5-6,9-11,13,18,20H,4,7-8,12,26H2,1-3H3,(H4-,27,29,30,35,37,38,39,40,41);(H,6,7). The highest BCUT2D eigenvalue weighted by Crippen LogP contribution is 2.33. The van der Waals surface area contributed by atoms with Crippen molar-refractivity contribution < 1.29 is 74.0 Å². The Morgan fingerprint density at radius 3 is 2.45 bits per heavy atom. The fourth-order valence-corrected chi connectivity index (χ4v) is 5.30. The fraction of sp³-hybridized carbons (Fsp3) is 0.407. The first kappa shape index (κ1) is 42.0. The van der Waals surface area contributed by atoms with Crippen LogP contribution in [0, 0.1) is 0 Å². The quantitative estimate of drug-likeness (QED) is 0.0371. The Hall–Kier alpha value is -5.44. The van der Waals surface area contributed by atoms with Crippen LogP contribution in [-0.2, 0) is 52.3 Å². The highest BCUT2D eigenvalue weighted by molar-refractivity contribution is 7.80. The van der Waals surface area contributed by atoms with Gasteiger partial charge in [0.05, 0.1) is 17.3 Å². The minimum atomic E-state index is -5.19. The van der Waals surface area contributed by atoms with Crippen LogP contribution in [0.25, 0.3) is 11.3 Å². The van der Waals surface area contributed by atoms with Gasteiger partial charge in [0.15, 0.2) is 16.6 Å². The van der Waals surface area contributed by atoms with Gasteiger partial charge in [-0.1, -0.05) is 5.16 Å². The molecule has 2 atom stereocenters. The number of nitrogen functional groups attached to an aromatic ring is 1. The average Bonchev–Trinajstić information content (AvgIpc) is 3.71. The van der Waals surface area contributed by atoms with E-state index in [2.05, 4.69) is 24.8 Å². The van der Waals surface area contributed by atoms with Crippen molar-refractivity contribution in [2.24, 2.45) is 17.9 Å². The monoisotopic (exact) mass is 795 g/mol. The minimum Gasteiger partial charge on any atom is -0.542 e. The zero-order valence-electron chi connectivity index (χ0n) is 27.7. The molecule has 26 heteroatoms. The maximum Gasteiger partial charge on any atom is 0.430 e. The third-order valence-electron chi connectivity index (χ3n) is 6.91. The SMILES string of the molecule is C[n+]1cc(OCC(ON=C(C(=O)NC2C(=O)N(OS(=O)(=O)O)C2(C)C)c2csc(N)n2)C(=O)O)ccc1-c1cnn(CCCN)c1.O=C([O-])C(F)(F)F. The van der Waals surface area contributed by atoms with E-state index in [1.807, 2.05) is 6.20 Å². The molecule has 2 amide bonds. The lowest BCUT2D eigenvalue weighted by Crippen LogP contribution is -2.76. The number of thiazole rings is 1. The number of carbonyl (C=O) groups excluding carboxylic acids is 3. The van der Waals surface area contributed by atoms with E-state index in [0.29, 0.717) is 23.9 Å². The number of aryl methyl sites for hydroxylation is 2. The van der Waals surface area contributed by atoms with Gasteiger partial charge in [0, 0.05) is 24.2 Å². The van der Waals surface area contributed by atoms with Crippen LogP contribution in [0.5, 0.6) is 5.75 Å². The zero-order chi connectivity index (χ0) is 39.9. The summed E-state index contributed by atoms with van der Waals surface area (Å²) in [5.41, 5.74) is 10.9. The second-order valence-corrected chi connectivity index (χ2v) is 13.1. The molecule has 0 aromatic carbocycles. The van der Waals surface area contributed by atoms with Gasteiger partial charge < -0.3 is 41.4 Å². The summed E-state index contributed by atoms with van der Waals surface area (Å²) in [6.45, 7) is 3.44. The van der Waals surface area contributed by atoms with Crippen molar-refractivity contribution >= 4 is 56.3 Å². The summed E-state index contributed by atoms with van der Waals surface area (Å²) >= 11 is 0.956. The predicted molar refractivity (Wildman–Crippen MR) is 170 cm³/mol. The molecule has 0 aliphatic carbocycles. The number of ether oxygens (including phenoxy) is 1. The third-order valence-corrected chi connectivity index (χ3v) is 7.92. The Bertz CT molecular complexity index is 1970. The predicted octanol–water partition coefficient (Wildman–Crippen LogP) is -1.85. The number of β-lactam (4-membered cyclic amide) rings is 1. The van der Waals surface area contributed by atoms with E-state index in [9.17, 15) is 41.1 Å². The summed E-state index contributed by atoms with van der Waals surface area (Å²) in [6.07, 6.45) is -0.865. The molecule has 290 valence electrons. The number of pyridine rings is 1. The lowest BCUT2D eigenvalue weighted by molar-refractivity contribution is -0.660. The van der Waals surface area contributed by atoms with E-state index in [1.54, 1.807) is 40.8 Å². The van der Waals surface area contributed by atoms with Gasteiger partial charge in [0.1, 0.15) is 31.4 Å². The number of anilines is 1. The number of carboxylic acid groups (broad SMARTS) is 2. The van der Waals surface area contributed by atoms with Gasteiger partial charge in [0.2, 0.25) is 11.9 Å². The Balaban J connectivity index is 0.000000980. The van der Waals surface area contributed by atoms with Gasteiger partial charge in [-0.25, -0.2) is 9.78 Å². The average molecular weight is 796 g/mol. The number of aromatic nitrogens is 4. The molecular weight excluding hydrogens is 763 g/mol. The smallest absolute Gasteiger partial charge is 0.430 e. The van der Waals surface area contributed by atoms with Crippen LogP contribution >= 0.6 is 11.3 Å². The number of rotatable bonds is 15. The number of carboxylic acids is 2. The maximum absolute atomic E-state index is 13.2. The number of hydroxylamine groups is 2. The summed E-state index contributed by atoms with van der Waals surface area (Å²) in [5.74, 6) is -6.17. The molecule has 7 N–H and O–H groups in total. The van der Waals surface area contributed by atoms with Crippen LogP contribution in [0.1, 0.15) is 26.0 Å². The van der Waals surface area contributed by atoms with E-state index in [-0.39, 0.29) is 10.8 Å². The molecule has 0 saturated carbocycles. The van der Waals surface area contributed by atoms with Crippen LogP contribution in [0.2, 0.25) is 0 Å². The molecule has 21 nitrogen and oxygen atoms in total. The van der Waals surface area contributed by atoms with Gasteiger partial charge in [0.25, 0.3) is 17.9 Å². The van der Waals surface area contributed by atoms with Crippen LogP contribution in [0.15, 0.2) is 41.3 Å². The second-order valence-electron chi connectivity index (χ2n) is 11.2. The maximum atomic E-state index is 13.2. The Labute approximate surface area is 301 Å². The van der Waals surface area contributed by atoms with Crippen molar-refractivity contribution in [1.29, 1.82) is 0 Å². The van der Waals surface area contributed by atoms with E-state index < -0.39 is 70.3 Å². The lowest BCUT2D eigenvalue weighted by Gasteiger charge is -2.50. The Morgan fingerprint density at radius 2 is 1.94 bits per heavy atom. The number of oxime groups is 1. The number of nitrogens with two attached hydrogens (primary N) is 2. The number of aliphatic carboxylic acids is 2. The molecular formula is C27H32F3N9O12S2. The molecule has 1 fully saturated rings. The van der Waals surface area contributed by atoms with Crippen LogP contribution in [0.4, 0.5) is 18.3 Å². The van der Waals surface area contributed by atoms with Crippen molar-refractivity contribution in [1.82, 2.24) is 25.1 Å². The van der Waals surface area contributed by atoms with E-state index in [0.717, 1.165) is 29.0 Å². The summed E-state index contributed by atoms with van der Waals surface area (Å²) in [4.78, 5) is 55.6. The van der Waals surface area contributed by atoms with Crippen LogP contribution < -0.4 is 31.2 Å². The Morgan fingerprint density at radius 1 is 1.28 bits per heavy atom. The normalized spacial score (nSPS) is 16.2. The van der Waals surface area contributed by atoms with Crippen molar-refractivity contribution in [3.8, 4) is 17.0 Å². The summed E-state index contributed by atoms with van der Waals surface area (Å²) < 4.78 is 76.1. The Kier molecular flexibility index (Phi) is 13.4. The largest absolute Gasteiger partial charge is 0.542 e. The lowest BCUT2D eigenvalue weighted by atomic mass is 9.84. The number of hydrogen-bond donors (Lipinski definition) is 5. The molecule has 3 aromatic rings. The van der Waals surface area contributed by atoms with Crippen molar-refractivity contribution in [2.45, 2.75) is 50.7 Å². The van der Waals surface area contributed by atoms with Gasteiger partial charge in [-0.2, -0.15) is 36.3 Å². The van der Waals surface area contributed by atoms with Gasteiger partial charge in [-0.05, 0) is 32.9 Å². The van der Waals surface area contributed by atoms with E-state index >= 15 is 0 Å². The number of hydrogen-bond acceptors (Lipinski definition) is 16. The first-order chi connectivity index (χ1) is 24.5. The molecule has 4 heterocycles. The summed E-state index contributed by atoms with van der Waals surface area (Å²) in [5, 5.41) is 30.7. The van der Waals surface area contributed by atoms with Crippen molar-refractivity contribution in [3.63, 3.8) is 0 Å². The third kappa shape index (κ3) is 11.3. The summed E-state index contributed by atoms with van der Waals surface area (Å²) in [6, 6.07) is 2.08. The molecule has 0 spiro atoms. The number of amides is 2. The van der Waals surface area contributed by atoms with Gasteiger partial charge in [-0.15, -0.1) is 15.6 Å². The number of carbonyl (C=O) groups is 4. The van der Waals surface area contributed by atoms with Crippen molar-refractivity contribution in [2.75, 3.05) is 18.9 Å². The van der Waals surface area contributed by atoms with E-state index in [4.69, 9.17) is 35.5 Å². The van der Waals surface area contributed by atoms with E-state index in [1.165, 1.54) is 19.2 Å². The summed E-state index contributed by atoms with van der Waals surface area (Å²) in [7, 11) is -3.24. The molecule has 0 bridgehead atoms. The molecule has 3 aromatic heterocycles. The molecule has 1 aliphatic rings. The number of alkyl halides is 3. The van der Waals surface area contributed by atoms with Gasteiger partial charge in [-0.3, -0.25) is 18.8 Å². The van der Waals surface area contributed by atoms with Crippen LogP contribution in [0.3, 0.4) is 0 Å². The first-order valence-electron chi connectivity index (χ1n) is 14.7. The van der Waals surface area contributed by atoms with Crippen molar-refractivity contribution in [3.05, 3.63) is 41.8 Å². The zero-order valence-corrected chi connectivity index (χ0v) is 29.3. The number of nitrogens with one attached hydrogen (secondary N) is 1. The fourth-order valence-electron chi connectivity index (χ4n) is 4.29. The highest BCUT2D eigenvalue weighted by atomic mass is 32.3. The molecule has 0 radical (unpaired) electrons. The van der Waals surface area contributed by atoms with Crippen LogP contribution in [-0.4, -0.2) is 104 Å². The minimum absolute atomic E-state index is 0.0561.